The number of nitrogens with zero attached hydrogens (tertiary/aromatic N) is 1. The molecule has 0 aliphatic carbocycles. The molecule has 20 heavy (non-hydrogen) atoms. The van der Waals surface area contributed by atoms with Crippen molar-refractivity contribution in [1.82, 2.24) is 4.90 Å². The lowest BCUT2D eigenvalue weighted by molar-refractivity contribution is -0.141. The van der Waals surface area contributed by atoms with E-state index in [1.54, 1.807) is 12.1 Å². The molecule has 1 saturated heterocycles. The number of likely N-dealkylation sites (tertiary alicyclic amines) is 1. The Hall–Kier alpha value is -1.89. The fraction of sp³-hybridized carbons (Fsp3) is 0.231. The van der Waals surface area contributed by atoms with E-state index in [0.29, 0.717) is 15.6 Å². The zero-order valence-electron chi connectivity index (χ0n) is 10.2. The average molecular weight is 344 g/mol. The average Bonchev–Trinajstić information content (AvgIpc) is 2.71. The Morgan fingerprint density at radius 1 is 1.35 bits per heavy atom. The van der Waals surface area contributed by atoms with Crippen LogP contribution in [0.2, 0.25) is 0 Å². The molecule has 1 fully saturated rings. The Morgan fingerprint density at radius 3 is 2.55 bits per heavy atom. The van der Waals surface area contributed by atoms with Crippen LogP contribution < -0.4 is 0 Å². The van der Waals surface area contributed by atoms with Crippen LogP contribution in [0.5, 0.6) is 0 Å². The van der Waals surface area contributed by atoms with Crippen molar-refractivity contribution in [3.63, 3.8) is 0 Å². The first-order valence-corrected chi connectivity index (χ1v) is 6.54. The maximum Gasteiger partial charge on any atom is 0.408 e. The van der Waals surface area contributed by atoms with Crippen molar-refractivity contribution in [3.05, 3.63) is 39.6 Å². The molecule has 0 spiro atoms. The molecule has 2 N–H and O–H groups in total. The minimum absolute atomic E-state index is 0.0143. The highest BCUT2D eigenvalue weighted by Gasteiger charge is 2.36. The van der Waals surface area contributed by atoms with Crippen molar-refractivity contribution < 1.29 is 24.2 Å². The Kier molecular flexibility index (Phi) is 4.08. The number of rotatable bonds is 2. The Labute approximate surface area is 122 Å². The first kappa shape index (κ1) is 14.5. The van der Waals surface area contributed by atoms with Gasteiger partial charge in [0, 0.05) is 17.4 Å². The van der Waals surface area contributed by atoms with Crippen molar-refractivity contribution in [3.8, 4) is 0 Å². The molecule has 0 aromatic heterocycles. The van der Waals surface area contributed by atoms with Crippen LogP contribution in [-0.2, 0) is 4.79 Å². The summed E-state index contributed by atoms with van der Waals surface area (Å²) in [5.41, 5.74) is 1.19. The van der Waals surface area contributed by atoms with Gasteiger partial charge in [-0.2, -0.15) is 0 Å². The van der Waals surface area contributed by atoms with Gasteiger partial charge in [0.1, 0.15) is 11.9 Å². The quantitative estimate of drug-likeness (QED) is 0.865. The van der Waals surface area contributed by atoms with E-state index in [9.17, 15) is 14.0 Å². The number of amides is 1. The molecule has 2 rings (SSSR count). The fourth-order valence-corrected chi connectivity index (χ4v) is 2.66. The van der Waals surface area contributed by atoms with Crippen LogP contribution >= 0.6 is 15.9 Å². The third-order valence-electron chi connectivity index (χ3n) is 2.99. The zero-order valence-corrected chi connectivity index (χ0v) is 11.8. The molecule has 0 bridgehead atoms. The van der Waals surface area contributed by atoms with Crippen LogP contribution in [0.25, 0.3) is 6.08 Å². The van der Waals surface area contributed by atoms with E-state index in [1.165, 1.54) is 12.1 Å². The third-order valence-corrected chi connectivity index (χ3v) is 3.45. The highest BCUT2D eigenvalue weighted by atomic mass is 79.9. The summed E-state index contributed by atoms with van der Waals surface area (Å²) >= 11 is 3.16. The van der Waals surface area contributed by atoms with Gasteiger partial charge in [0.15, 0.2) is 0 Å². The Balaban J connectivity index is 2.28. The van der Waals surface area contributed by atoms with Crippen LogP contribution in [0, 0.1) is 5.82 Å². The van der Waals surface area contributed by atoms with Gasteiger partial charge in [0.2, 0.25) is 0 Å². The van der Waals surface area contributed by atoms with Crippen LogP contribution in [0.4, 0.5) is 9.18 Å². The highest BCUT2D eigenvalue weighted by Crippen LogP contribution is 2.26. The number of benzene rings is 1. The topological polar surface area (TPSA) is 77.8 Å². The Bertz CT molecular complexity index is 558. The predicted molar refractivity (Wildman–Crippen MR) is 72.8 cm³/mol. The third kappa shape index (κ3) is 3.16. The lowest BCUT2D eigenvalue weighted by Crippen LogP contribution is -2.39. The first-order valence-electron chi connectivity index (χ1n) is 5.74. The van der Waals surface area contributed by atoms with E-state index < -0.39 is 23.9 Å². The Morgan fingerprint density at radius 2 is 2.05 bits per heavy atom. The molecular formula is C13H11BrFNO4. The van der Waals surface area contributed by atoms with Gasteiger partial charge in [-0.15, -0.1) is 0 Å². The second-order valence-corrected chi connectivity index (χ2v) is 5.39. The van der Waals surface area contributed by atoms with E-state index in [1.807, 2.05) is 0 Å². The molecule has 1 amide bonds. The number of aliphatic carboxylic acids is 1. The summed E-state index contributed by atoms with van der Waals surface area (Å²) in [5, 5.41) is 18.0. The standard InChI is InChI=1S/C13H11BrFNO4/c14-9-2-7(3-10(15)5-9)1-8-4-11(12(17)18)16(6-8)13(19)20/h1-3,5,11H,4,6H2,(H,17,18)(H,19,20). The molecule has 106 valence electrons. The number of carbonyl (C=O) groups is 2. The lowest BCUT2D eigenvalue weighted by Gasteiger charge is -2.16. The van der Waals surface area contributed by atoms with Crippen molar-refractivity contribution in [2.24, 2.45) is 0 Å². The summed E-state index contributed by atoms with van der Waals surface area (Å²) in [6, 6.07) is 3.20. The van der Waals surface area contributed by atoms with Gasteiger partial charge in [-0.25, -0.2) is 14.0 Å². The monoisotopic (exact) mass is 343 g/mol. The van der Waals surface area contributed by atoms with E-state index in [2.05, 4.69) is 15.9 Å². The first-order chi connectivity index (χ1) is 9.36. The molecule has 1 aromatic rings. The molecule has 0 radical (unpaired) electrons. The van der Waals surface area contributed by atoms with Crippen LogP contribution in [-0.4, -0.2) is 39.8 Å². The lowest BCUT2D eigenvalue weighted by atomic mass is 10.1. The number of hydrogen-bond donors (Lipinski definition) is 2. The van der Waals surface area contributed by atoms with Crippen molar-refractivity contribution in [2.45, 2.75) is 12.5 Å². The largest absolute Gasteiger partial charge is 0.480 e. The molecule has 1 aliphatic heterocycles. The summed E-state index contributed by atoms with van der Waals surface area (Å²) in [4.78, 5) is 22.9. The number of halogens is 2. The molecule has 1 aliphatic rings. The molecule has 1 atom stereocenters. The van der Waals surface area contributed by atoms with Gasteiger partial charge in [0.25, 0.3) is 0 Å². The van der Waals surface area contributed by atoms with Gasteiger partial charge in [-0.3, -0.25) is 4.90 Å². The minimum atomic E-state index is -1.28. The van der Waals surface area contributed by atoms with E-state index >= 15 is 0 Å². The predicted octanol–water partition coefficient (Wildman–Crippen LogP) is 2.81. The van der Waals surface area contributed by atoms with Gasteiger partial charge >= 0.3 is 12.1 Å². The van der Waals surface area contributed by atoms with E-state index in [0.717, 1.165) is 4.90 Å². The van der Waals surface area contributed by atoms with Gasteiger partial charge in [0.05, 0.1) is 0 Å². The van der Waals surface area contributed by atoms with E-state index in [-0.39, 0.29) is 13.0 Å². The molecule has 7 heteroatoms. The van der Waals surface area contributed by atoms with Crippen LogP contribution in [0.15, 0.2) is 28.2 Å². The molecule has 5 nitrogen and oxygen atoms in total. The van der Waals surface area contributed by atoms with Crippen molar-refractivity contribution >= 4 is 34.1 Å². The second kappa shape index (κ2) is 5.62. The maximum atomic E-state index is 13.3. The zero-order chi connectivity index (χ0) is 14.9. The smallest absolute Gasteiger partial charge is 0.408 e. The van der Waals surface area contributed by atoms with Gasteiger partial charge < -0.3 is 10.2 Å². The van der Waals surface area contributed by atoms with Crippen LogP contribution in [0.3, 0.4) is 0 Å². The van der Waals surface area contributed by atoms with Crippen LogP contribution in [0.1, 0.15) is 12.0 Å². The summed E-state index contributed by atoms with van der Waals surface area (Å²) in [5.74, 6) is -1.61. The number of carboxylic acid groups (broad SMARTS) is 2. The minimum Gasteiger partial charge on any atom is -0.480 e. The maximum absolute atomic E-state index is 13.3. The summed E-state index contributed by atoms with van der Waals surface area (Å²) in [6.45, 7) is 0.0143. The number of carboxylic acids is 1. The summed E-state index contributed by atoms with van der Waals surface area (Å²) in [7, 11) is 0. The molecule has 1 heterocycles. The second-order valence-electron chi connectivity index (χ2n) is 4.47. The summed E-state index contributed by atoms with van der Waals surface area (Å²) < 4.78 is 13.8. The molecule has 1 unspecified atom stereocenters. The van der Waals surface area contributed by atoms with Gasteiger partial charge in [-0.1, -0.05) is 22.0 Å². The van der Waals surface area contributed by atoms with Crippen molar-refractivity contribution in [2.75, 3.05) is 6.54 Å². The SMILES string of the molecule is O=C(O)C1CC(=Cc2cc(F)cc(Br)c2)CN1C(=O)O. The van der Waals surface area contributed by atoms with E-state index in [4.69, 9.17) is 10.2 Å². The summed E-state index contributed by atoms with van der Waals surface area (Å²) in [6.07, 6.45) is 0.448. The molecular weight excluding hydrogens is 333 g/mol. The molecule has 0 saturated carbocycles. The van der Waals surface area contributed by atoms with Gasteiger partial charge in [-0.05, 0) is 29.3 Å². The molecule has 1 aromatic carbocycles. The van der Waals surface area contributed by atoms with Crippen molar-refractivity contribution in [1.29, 1.82) is 0 Å². The number of hydrogen-bond acceptors (Lipinski definition) is 2. The fourth-order valence-electron chi connectivity index (χ4n) is 2.17. The normalized spacial score (nSPS) is 20.4. The highest BCUT2D eigenvalue weighted by molar-refractivity contribution is 9.10.